The molecule has 0 radical (unpaired) electrons. The van der Waals surface area contributed by atoms with Crippen LogP contribution in [0.15, 0.2) is 28.7 Å². The maximum atomic E-state index is 13.0. The van der Waals surface area contributed by atoms with Crippen LogP contribution in [0.2, 0.25) is 0 Å². The van der Waals surface area contributed by atoms with Crippen molar-refractivity contribution in [1.82, 2.24) is 9.97 Å². The molecule has 1 fully saturated rings. The number of nitrogens with zero attached hydrogens (tertiary/aromatic N) is 3. The fraction of sp³-hybridized carbons (Fsp3) is 0.458. The van der Waals surface area contributed by atoms with E-state index in [1.165, 1.54) is 5.56 Å². The number of nitrogens with one attached hydrogen (secondary N) is 1. The molecule has 1 aliphatic heterocycles. The van der Waals surface area contributed by atoms with Gasteiger partial charge < -0.3 is 14.6 Å². The lowest BCUT2D eigenvalue weighted by atomic mass is 9.96. The zero-order chi connectivity index (χ0) is 21.4. The molecular formula is C24H30N4O2. The van der Waals surface area contributed by atoms with Gasteiger partial charge in [-0.3, -0.25) is 4.79 Å². The zero-order valence-electron chi connectivity index (χ0n) is 18.5. The molecule has 30 heavy (non-hydrogen) atoms. The maximum Gasteiger partial charge on any atom is 0.231 e. The van der Waals surface area contributed by atoms with E-state index < -0.39 is 0 Å². The molecule has 1 saturated heterocycles. The van der Waals surface area contributed by atoms with Crippen LogP contribution in [0.4, 0.5) is 11.5 Å². The third kappa shape index (κ3) is 3.91. The SMILES string of the molecule is Cc1nc(N2CCCC(C(=O)Nc3ccc(C(C)C)cc3)C2)c2c(C)c(C)oc2n1. The number of anilines is 2. The Morgan fingerprint density at radius 3 is 2.60 bits per heavy atom. The molecule has 1 amide bonds. The summed E-state index contributed by atoms with van der Waals surface area (Å²) in [6.07, 6.45) is 1.83. The first-order chi connectivity index (χ1) is 14.3. The highest BCUT2D eigenvalue weighted by Gasteiger charge is 2.29. The van der Waals surface area contributed by atoms with Gasteiger partial charge in [-0.05, 0) is 57.2 Å². The molecule has 3 heterocycles. The van der Waals surface area contributed by atoms with E-state index in [4.69, 9.17) is 9.40 Å². The molecule has 158 valence electrons. The normalized spacial score (nSPS) is 17.0. The fourth-order valence-electron chi connectivity index (χ4n) is 4.14. The second-order valence-electron chi connectivity index (χ2n) is 8.61. The average molecular weight is 407 g/mol. The zero-order valence-corrected chi connectivity index (χ0v) is 18.5. The summed E-state index contributed by atoms with van der Waals surface area (Å²) in [4.78, 5) is 24.4. The predicted octanol–water partition coefficient (Wildman–Crippen LogP) is 5.13. The van der Waals surface area contributed by atoms with Crippen LogP contribution in [0.3, 0.4) is 0 Å². The van der Waals surface area contributed by atoms with Crippen LogP contribution >= 0.6 is 0 Å². The van der Waals surface area contributed by atoms with Crippen LogP contribution in [0.25, 0.3) is 11.1 Å². The second kappa shape index (κ2) is 8.09. The van der Waals surface area contributed by atoms with E-state index in [-0.39, 0.29) is 11.8 Å². The van der Waals surface area contributed by atoms with Crippen LogP contribution in [0.1, 0.15) is 55.3 Å². The Morgan fingerprint density at radius 2 is 1.90 bits per heavy atom. The third-order valence-electron chi connectivity index (χ3n) is 6.06. The molecule has 1 unspecified atom stereocenters. The first-order valence-corrected chi connectivity index (χ1v) is 10.7. The summed E-state index contributed by atoms with van der Waals surface area (Å²) in [5, 5.41) is 4.06. The van der Waals surface area contributed by atoms with Crippen LogP contribution in [-0.2, 0) is 4.79 Å². The molecule has 6 heteroatoms. The van der Waals surface area contributed by atoms with Crippen molar-refractivity contribution in [1.29, 1.82) is 0 Å². The molecular weight excluding hydrogens is 376 g/mol. The summed E-state index contributed by atoms with van der Waals surface area (Å²) in [6, 6.07) is 8.14. The number of rotatable bonds is 4. The fourth-order valence-corrected chi connectivity index (χ4v) is 4.14. The van der Waals surface area contributed by atoms with Gasteiger partial charge in [-0.1, -0.05) is 26.0 Å². The molecule has 6 nitrogen and oxygen atoms in total. The van der Waals surface area contributed by atoms with Crippen molar-refractivity contribution < 1.29 is 9.21 Å². The predicted molar refractivity (Wildman–Crippen MR) is 120 cm³/mol. The van der Waals surface area contributed by atoms with Gasteiger partial charge >= 0.3 is 0 Å². The van der Waals surface area contributed by atoms with Crippen molar-refractivity contribution in [2.45, 2.75) is 53.4 Å². The number of carbonyl (C=O) groups is 1. The summed E-state index contributed by atoms with van der Waals surface area (Å²) in [5.74, 6) is 2.89. The number of aryl methyl sites for hydroxylation is 3. The minimum Gasteiger partial charge on any atom is -0.443 e. The summed E-state index contributed by atoms with van der Waals surface area (Å²) in [5.41, 5.74) is 3.81. The van der Waals surface area contributed by atoms with Gasteiger partial charge in [-0.15, -0.1) is 0 Å². The van der Waals surface area contributed by atoms with E-state index in [2.05, 4.69) is 41.2 Å². The van der Waals surface area contributed by atoms with Crippen molar-refractivity contribution >= 4 is 28.5 Å². The number of aromatic nitrogens is 2. The molecule has 0 spiro atoms. The van der Waals surface area contributed by atoms with Crippen molar-refractivity contribution in [3.63, 3.8) is 0 Å². The molecule has 0 aliphatic carbocycles. The van der Waals surface area contributed by atoms with Gasteiger partial charge in [0.25, 0.3) is 0 Å². The molecule has 0 saturated carbocycles. The lowest BCUT2D eigenvalue weighted by Crippen LogP contribution is -2.41. The maximum absolute atomic E-state index is 13.0. The number of furan rings is 1. The molecule has 3 aromatic rings. The largest absolute Gasteiger partial charge is 0.443 e. The second-order valence-corrected chi connectivity index (χ2v) is 8.61. The molecule has 4 rings (SSSR count). The van der Waals surface area contributed by atoms with E-state index in [0.717, 1.165) is 47.6 Å². The number of hydrogen-bond acceptors (Lipinski definition) is 5. The number of hydrogen-bond donors (Lipinski definition) is 1. The summed E-state index contributed by atoms with van der Waals surface area (Å²) >= 11 is 0. The molecule has 0 bridgehead atoms. The Bertz CT molecular complexity index is 1070. The monoisotopic (exact) mass is 406 g/mol. The Morgan fingerprint density at radius 1 is 1.17 bits per heavy atom. The van der Waals surface area contributed by atoms with Crippen molar-refractivity contribution in [3.8, 4) is 0 Å². The highest BCUT2D eigenvalue weighted by molar-refractivity contribution is 5.94. The minimum atomic E-state index is -0.0813. The Hall–Kier alpha value is -2.89. The van der Waals surface area contributed by atoms with Gasteiger partial charge in [0.1, 0.15) is 17.4 Å². The highest BCUT2D eigenvalue weighted by Crippen LogP contribution is 2.33. The molecule has 1 aliphatic rings. The van der Waals surface area contributed by atoms with Crippen LogP contribution in [0, 0.1) is 26.7 Å². The minimum absolute atomic E-state index is 0.0686. The van der Waals surface area contributed by atoms with Gasteiger partial charge in [0.2, 0.25) is 11.6 Å². The Kier molecular flexibility index (Phi) is 5.50. The van der Waals surface area contributed by atoms with Crippen molar-refractivity contribution in [3.05, 3.63) is 47.0 Å². The van der Waals surface area contributed by atoms with E-state index in [1.54, 1.807) is 0 Å². The smallest absolute Gasteiger partial charge is 0.231 e. The molecule has 1 N–H and O–H groups in total. The van der Waals surface area contributed by atoms with E-state index >= 15 is 0 Å². The molecule has 1 atom stereocenters. The van der Waals surface area contributed by atoms with E-state index in [9.17, 15) is 4.79 Å². The highest BCUT2D eigenvalue weighted by atomic mass is 16.3. The number of piperidine rings is 1. The van der Waals surface area contributed by atoms with Crippen molar-refractivity contribution in [2.75, 3.05) is 23.3 Å². The lowest BCUT2D eigenvalue weighted by Gasteiger charge is -2.33. The first-order valence-electron chi connectivity index (χ1n) is 10.7. The topological polar surface area (TPSA) is 71.3 Å². The average Bonchev–Trinajstić information content (AvgIpc) is 3.01. The first kappa shape index (κ1) is 20.4. The molecule has 2 aromatic heterocycles. The standard InChI is InChI=1S/C24H30N4O2/c1-14(2)18-8-10-20(11-9-18)27-23(29)19-7-6-12-28(13-19)22-21-15(3)16(4)30-24(21)26-17(5)25-22/h8-11,14,19H,6-7,12-13H2,1-5H3,(H,27,29). The van der Waals surface area contributed by atoms with Gasteiger partial charge in [-0.25, -0.2) is 4.98 Å². The number of amides is 1. The third-order valence-corrected chi connectivity index (χ3v) is 6.06. The summed E-state index contributed by atoms with van der Waals surface area (Å²) < 4.78 is 5.83. The quantitative estimate of drug-likeness (QED) is 0.651. The van der Waals surface area contributed by atoms with Crippen molar-refractivity contribution in [2.24, 2.45) is 5.92 Å². The van der Waals surface area contributed by atoms with E-state index in [0.29, 0.717) is 24.0 Å². The number of benzene rings is 1. The van der Waals surface area contributed by atoms with Crippen LogP contribution in [-0.4, -0.2) is 29.0 Å². The lowest BCUT2D eigenvalue weighted by molar-refractivity contribution is -0.120. The van der Waals surface area contributed by atoms with Gasteiger partial charge in [0.05, 0.1) is 11.3 Å². The summed E-state index contributed by atoms with van der Waals surface area (Å²) in [7, 11) is 0. The number of fused-ring (bicyclic) bond motifs is 1. The van der Waals surface area contributed by atoms with Gasteiger partial charge in [0, 0.05) is 24.3 Å². The Labute approximate surface area is 177 Å². The summed E-state index contributed by atoms with van der Waals surface area (Å²) in [6.45, 7) is 11.7. The van der Waals surface area contributed by atoms with Crippen LogP contribution < -0.4 is 10.2 Å². The Balaban J connectivity index is 1.53. The number of carbonyl (C=O) groups excluding carboxylic acids is 1. The van der Waals surface area contributed by atoms with Crippen LogP contribution in [0.5, 0.6) is 0 Å². The van der Waals surface area contributed by atoms with Gasteiger partial charge in [0.15, 0.2) is 0 Å². The molecule has 1 aromatic carbocycles. The van der Waals surface area contributed by atoms with E-state index in [1.807, 2.05) is 32.9 Å². The van der Waals surface area contributed by atoms with Gasteiger partial charge in [-0.2, -0.15) is 4.98 Å².